The molecule has 6 heterocycles. The van der Waals surface area contributed by atoms with Gasteiger partial charge in [-0.1, -0.05) is 406 Å². The first-order valence-corrected chi connectivity index (χ1v) is 53.0. The molecule has 0 saturated carbocycles. The minimum absolute atomic E-state index is 0.276. The van der Waals surface area contributed by atoms with Gasteiger partial charge >= 0.3 is 0 Å². The molecule has 0 amide bonds. The van der Waals surface area contributed by atoms with Gasteiger partial charge in [0.2, 0.25) is 29.5 Å². The van der Waals surface area contributed by atoms with E-state index in [2.05, 4.69) is 297 Å². The van der Waals surface area contributed by atoms with Crippen LogP contribution in [0.15, 0.2) is 515 Å². The maximum Gasteiger partial charge on any atom is 0.210 e. The zero-order chi connectivity index (χ0) is 97.4. The Kier molecular flexibility index (Phi) is 19.6. The van der Waals surface area contributed by atoms with E-state index in [0.29, 0.717) is 50.2 Å². The molecule has 0 radical (unpaired) electrons. The Morgan fingerprint density at radius 3 is 0.740 bits per heavy atom. The molecule has 0 spiro atoms. The predicted octanol–water partition coefficient (Wildman–Crippen LogP) is 32.4. The van der Waals surface area contributed by atoms with Crippen molar-refractivity contribution in [3.05, 3.63) is 485 Å². The molecule has 30 rings (SSSR count). The second kappa shape index (κ2) is 33.4. The second-order valence-corrected chi connectivity index (χ2v) is 43.1. The molecule has 15 heteroatoms. The monoisotopic (exact) mass is 1930 g/mol. The topological polar surface area (TPSA) is 156 Å². The summed E-state index contributed by atoms with van der Waals surface area (Å²) in [6.07, 6.45) is 0. The number of nitrogens with zero attached hydrogens (tertiary/aromatic N) is 6. The Bertz CT molecular complexity index is 10500. The van der Waals surface area contributed by atoms with E-state index in [1.54, 1.807) is 36.4 Å². The lowest BCUT2D eigenvalue weighted by atomic mass is 9.85. The largest absolute Gasteiger partial charge is 0.290 e. The van der Waals surface area contributed by atoms with E-state index in [4.69, 9.17) is 15.0 Å². The second-order valence-electron chi connectivity index (χ2n) is 37.4. The molecular weight excluding hydrogens is 1850 g/mol. The van der Waals surface area contributed by atoms with Crippen LogP contribution in [0.25, 0.3) is 248 Å². The number of sulfone groups is 3. The number of rotatable bonds is 10. The van der Waals surface area contributed by atoms with Crippen LogP contribution in [0.5, 0.6) is 0 Å². The fourth-order valence-electron chi connectivity index (χ4n) is 23.0. The number of aromatic nitrogens is 6. The van der Waals surface area contributed by atoms with Gasteiger partial charge in [0.15, 0.2) is 0 Å². The lowest BCUT2D eigenvalue weighted by molar-refractivity contribution is 0.593. The van der Waals surface area contributed by atoms with E-state index in [1.165, 1.54) is 49.4 Å². The molecule has 24 aromatic carbocycles. The minimum Gasteiger partial charge on any atom is -0.290 e. The molecule has 27 aromatic rings. The van der Waals surface area contributed by atoms with Crippen LogP contribution in [0.1, 0.15) is 0 Å². The first-order chi connectivity index (χ1) is 71.7. The van der Waals surface area contributed by atoms with Gasteiger partial charge in [-0.15, -0.1) is 0 Å². The fraction of sp³-hybridized carbons (Fsp3) is 0. The van der Waals surface area contributed by atoms with Crippen molar-refractivity contribution in [2.24, 2.45) is 0 Å². The van der Waals surface area contributed by atoms with E-state index in [9.17, 15) is 25.3 Å². The van der Waals surface area contributed by atoms with Crippen molar-refractivity contribution in [2.45, 2.75) is 29.4 Å². The number of hydrogen-bond acceptors (Lipinski definition) is 9. The third kappa shape index (κ3) is 13.3. The lowest BCUT2D eigenvalue weighted by Crippen LogP contribution is -2.15. The van der Waals surface area contributed by atoms with Crippen LogP contribution >= 0.6 is 0 Å². The third-order valence-corrected chi connectivity index (χ3v) is 34.8. The van der Waals surface area contributed by atoms with Crippen LogP contribution in [-0.2, 0) is 29.5 Å². The van der Waals surface area contributed by atoms with Crippen LogP contribution in [0.4, 0.5) is 0 Å². The number of para-hydroxylation sites is 3. The molecule has 3 aliphatic rings. The van der Waals surface area contributed by atoms with Crippen molar-refractivity contribution >= 4 is 149 Å². The third-order valence-electron chi connectivity index (χ3n) is 29.4. The molecule has 0 atom stereocenters. The summed E-state index contributed by atoms with van der Waals surface area (Å²) < 4.78 is 92.8. The van der Waals surface area contributed by atoms with Crippen molar-refractivity contribution in [1.29, 1.82) is 0 Å². The minimum atomic E-state index is -3.85. The van der Waals surface area contributed by atoms with Gasteiger partial charge < -0.3 is 0 Å². The molecule has 146 heavy (non-hydrogen) atoms. The summed E-state index contributed by atoms with van der Waals surface area (Å²) in [7, 11) is -11.5. The highest BCUT2D eigenvalue weighted by atomic mass is 32.2. The van der Waals surface area contributed by atoms with Gasteiger partial charge in [0.25, 0.3) is 0 Å². The Morgan fingerprint density at radius 1 is 0.158 bits per heavy atom. The number of fused-ring (bicyclic) bond motifs is 14. The molecule has 0 aliphatic carbocycles. The molecule has 12 nitrogen and oxygen atoms in total. The van der Waals surface area contributed by atoms with Crippen LogP contribution in [-0.4, -0.2) is 53.9 Å². The molecule has 0 fully saturated rings. The highest BCUT2D eigenvalue weighted by molar-refractivity contribution is 7.92. The summed E-state index contributed by atoms with van der Waals surface area (Å²) in [6, 6.07) is 164. The summed E-state index contributed by atoms with van der Waals surface area (Å²) in [5.74, 6) is 2.16. The van der Waals surface area contributed by atoms with E-state index < -0.39 is 29.5 Å². The summed E-state index contributed by atoms with van der Waals surface area (Å²) in [4.78, 5) is 16.5. The molecule has 3 aliphatic heterocycles. The zero-order valence-electron chi connectivity index (χ0n) is 78.0. The number of benzene rings is 24. The van der Waals surface area contributed by atoms with Gasteiger partial charge in [-0.3, -0.25) is 13.7 Å². The van der Waals surface area contributed by atoms with E-state index in [1.807, 2.05) is 165 Å². The van der Waals surface area contributed by atoms with Crippen molar-refractivity contribution in [3.8, 4) is 129 Å². The van der Waals surface area contributed by atoms with Crippen molar-refractivity contribution in [2.75, 3.05) is 0 Å². The first-order valence-electron chi connectivity index (χ1n) is 48.6. The first kappa shape index (κ1) is 85.6. The summed E-state index contributed by atoms with van der Waals surface area (Å²) in [6.45, 7) is 0. The van der Waals surface area contributed by atoms with Gasteiger partial charge in [-0.2, -0.15) is 0 Å². The molecule has 0 N–H and O–H groups in total. The highest BCUT2D eigenvalue weighted by Gasteiger charge is 2.39. The van der Waals surface area contributed by atoms with Gasteiger partial charge in [0.05, 0.1) is 79.5 Å². The maximum absolute atomic E-state index is 14.5. The van der Waals surface area contributed by atoms with Gasteiger partial charge in [-0.25, -0.2) is 40.2 Å². The molecule has 0 saturated heterocycles. The Balaban J connectivity index is 0.000000106. The van der Waals surface area contributed by atoms with Crippen LogP contribution in [0.2, 0.25) is 0 Å². The average Bonchev–Trinajstić information content (AvgIpc) is 1.08. The standard InChI is InChI=1S/C45H28N2O2S.2C43H26N2O2S/c48-50(49)40-21-11-20-38-44(40)47(45(46-38)32-14-5-2-6-15-32)39-27-26-33(28-41(39)50)43-36-18-9-7-16-34(36)42(35-17-8-10-19-37(35)43)31-24-22-30(23-25-31)29-12-3-1-4-13-29;46-48(47)38-23-11-22-36-42(38)45(43(44-36)28-13-2-1-3-14-28)37-25-24-29(26-39(37)48)40-32-17-6-8-19-34(32)41(35-20-9-7-18-33(35)40)31-21-10-15-27-12-4-5-16-30(27)31;46-48(47)38-20-10-19-36-42(38)45(43(44-36)28-12-2-1-3-13-28)37-24-23-31(26-39(37)48)41-34-17-8-6-15-32(34)40(33-16-7-9-18-35(33)41)30-22-21-27-11-4-5-14-29(27)25-30/h1-28H;2*1-26H. The number of imidazole rings is 3. The lowest BCUT2D eigenvalue weighted by Gasteiger charge is -2.23. The van der Waals surface area contributed by atoms with Gasteiger partial charge in [0, 0.05) is 16.7 Å². The SMILES string of the molecule is O=S1(=O)c2cc(-c3c4ccccc4c(-c4ccc(-c5ccccc5)cc4)c4ccccc34)ccc2-n2c(-c3ccccc3)nc3cccc1c32.O=S1(=O)c2cc(-c3c4ccccc4c(-c4ccc5ccccc5c4)c4ccccc34)ccc2-n2c(-c3ccccc3)nc3cccc1c32.O=S1(=O)c2cc(-c3c4ccccc4c(-c4cccc5ccccc45)c4ccccc34)ccc2-n2c(-c3ccccc3)nc3cccc1c32. The van der Waals surface area contributed by atoms with E-state index in [0.717, 1.165) is 149 Å². The molecule has 0 unspecified atom stereocenters. The Labute approximate surface area is 840 Å². The molecular formula is C131H80N6O6S3. The summed E-state index contributed by atoms with van der Waals surface area (Å²) >= 11 is 0. The average molecular weight is 1930 g/mol. The predicted molar refractivity (Wildman–Crippen MR) is 594 cm³/mol. The van der Waals surface area contributed by atoms with Crippen molar-refractivity contribution in [1.82, 2.24) is 28.7 Å². The van der Waals surface area contributed by atoms with Crippen molar-refractivity contribution in [3.63, 3.8) is 0 Å². The summed E-state index contributed by atoms with van der Waals surface area (Å²) in [5.41, 5.74) is 23.3. The summed E-state index contributed by atoms with van der Waals surface area (Å²) in [5, 5.41) is 17.9. The highest BCUT2D eigenvalue weighted by Crippen LogP contribution is 2.54. The van der Waals surface area contributed by atoms with Crippen LogP contribution in [0.3, 0.4) is 0 Å². The smallest absolute Gasteiger partial charge is 0.210 e. The molecule has 688 valence electrons. The fourth-order valence-corrected chi connectivity index (χ4v) is 28.0. The van der Waals surface area contributed by atoms with Crippen LogP contribution in [0, 0.1) is 0 Å². The number of hydrogen-bond donors (Lipinski definition) is 0. The zero-order valence-corrected chi connectivity index (χ0v) is 80.5. The Morgan fingerprint density at radius 2 is 0.397 bits per heavy atom. The van der Waals surface area contributed by atoms with Crippen LogP contribution < -0.4 is 0 Å². The normalized spacial score (nSPS) is 13.3. The van der Waals surface area contributed by atoms with Gasteiger partial charge in [-0.05, 0) is 243 Å². The Hall–Kier alpha value is -18.4. The maximum atomic E-state index is 14.5. The molecule has 3 aromatic heterocycles. The molecule has 0 bridgehead atoms. The quantitative estimate of drug-likeness (QED) is 0.122. The van der Waals surface area contributed by atoms with E-state index >= 15 is 0 Å². The van der Waals surface area contributed by atoms with Gasteiger partial charge in [0.1, 0.15) is 17.5 Å². The van der Waals surface area contributed by atoms with E-state index in [-0.39, 0.29) is 29.4 Å². The van der Waals surface area contributed by atoms with Crippen molar-refractivity contribution < 1.29 is 25.3 Å².